The van der Waals surface area contributed by atoms with Gasteiger partial charge in [-0.2, -0.15) is 4.98 Å². The molecule has 1 aromatic heterocycles. The summed E-state index contributed by atoms with van der Waals surface area (Å²) in [6, 6.07) is 9.08. The van der Waals surface area contributed by atoms with E-state index in [2.05, 4.69) is 9.97 Å². The lowest BCUT2D eigenvalue weighted by Crippen LogP contribution is -2.56. The number of halogens is 1. The number of hydrogen-bond donors (Lipinski definition) is 2. The van der Waals surface area contributed by atoms with Gasteiger partial charge in [-0.3, -0.25) is 9.69 Å². The number of carbonyl (C=O) groups excluding carboxylic acids is 2. The number of nitrogens with two attached hydrogens (primary N) is 1. The number of imide groups is 1. The fourth-order valence-electron chi connectivity index (χ4n) is 4.15. The number of urea groups is 1. The van der Waals surface area contributed by atoms with Crippen LogP contribution in [-0.4, -0.2) is 68.6 Å². The Bertz CT molecular complexity index is 949. The number of aliphatic hydroxyl groups is 1. The highest BCUT2D eigenvalue weighted by atomic mass is 19.1. The van der Waals surface area contributed by atoms with Crippen LogP contribution in [0.3, 0.4) is 0 Å². The highest BCUT2D eigenvalue weighted by molar-refractivity contribution is 6.07. The third kappa shape index (κ3) is 3.32. The monoisotopic (exact) mass is 414 g/mol. The molecular weight excluding hydrogens is 391 g/mol. The maximum absolute atomic E-state index is 13.4. The van der Waals surface area contributed by atoms with Gasteiger partial charge in [0.2, 0.25) is 5.95 Å². The van der Waals surface area contributed by atoms with Crippen molar-refractivity contribution in [2.45, 2.75) is 24.9 Å². The van der Waals surface area contributed by atoms with E-state index in [0.717, 1.165) is 16.7 Å². The normalized spacial score (nSPS) is 18.5. The summed E-state index contributed by atoms with van der Waals surface area (Å²) < 4.78 is 13.4. The summed E-state index contributed by atoms with van der Waals surface area (Å²) in [5.74, 6) is -0.913. The molecule has 30 heavy (non-hydrogen) atoms. The van der Waals surface area contributed by atoms with Gasteiger partial charge >= 0.3 is 6.03 Å². The average molecular weight is 414 g/mol. The summed E-state index contributed by atoms with van der Waals surface area (Å²) in [7, 11) is 0. The van der Waals surface area contributed by atoms with Crippen molar-refractivity contribution in [3.63, 3.8) is 0 Å². The van der Waals surface area contributed by atoms with Gasteiger partial charge in [-0.05, 0) is 18.4 Å². The Balaban J connectivity index is 1.60. The van der Waals surface area contributed by atoms with Crippen molar-refractivity contribution in [3.05, 3.63) is 47.9 Å². The number of carbonyl (C=O) groups is 2. The lowest BCUT2D eigenvalue weighted by molar-refractivity contribution is -0.134. The Hall–Kier alpha value is -3.27. The summed E-state index contributed by atoms with van der Waals surface area (Å²) in [4.78, 5) is 38.8. The number of nitrogens with zero attached hydrogens (tertiary/aromatic N) is 5. The molecule has 0 radical (unpaired) electrons. The van der Waals surface area contributed by atoms with Gasteiger partial charge < -0.3 is 20.6 Å². The molecule has 4 rings (SSSR count). The molecule has 0 atom stereocenters. The number of β-amino-alcohol motifs (C(OH)–C–C–N with tert-alkyl or cyclic N) is 1. The number of amides is 3. The van der Waals surface area contributed by atoms with E-state index < -0.39 is 17.4 Å². The molecule has 0 aliphatic carbocycles. The molecule has 0 unspecified atom stereocenters. The van der Waals surface area contributed by atoms with Crippen LogP contribution in [0.15, 0.2) is 36.5 Å². The topological polar surface area (TPSA) is 116 Å². The van der Waals surface area contributed by atoms with E-state index in [4.69, 9.17) is 5.73 Å². The van der Waals surface area contributed by atoms with E-state index in [1.54, 1.807) is 4.90 Å². The number of rotatable bonds is 5. The first-order chi connectivity index (χ1) is 14.5. The number of nitrogen functional groups attached to an aromatic ring is 1. The molecule has 158 valence electrons. The third-order valence-corrected chi connectivity index (χ3v) is 5.76. The molecule has 2 aliphatic heterocycles. The minimum atomic E-state index is -0.996. The van der Waals surface area contributed by atoms with Crippen LogP contribution in [0.25, 0.3) is 0 Å². The van der Waals surface area contributed by atoms with Gasteiger partial charge in [0, 0.05) is 19.6 Å². The highest BCUT2D eigenvalue weighted by Gasteiger charge is 2.57. The largest absolute Gasteiger partial charge is 0.395 e. The predicted octanol–water partition coefficient (Wildman–Crippen LogP) is 0.994. The van der Waals surface area contributed by atoms with Crippen molar-refractivity contribution in [2.24, 2.45) is 0 Å². The number of anilines is 2. The van der Waals surface area contributed by atoms with Crippen LogP contribution in [-0.2, 0) is 11.3 Å². The van der Waals surface area contributed by atoms with Gasteiger partial charge in [0.1, 0.15) is 5.54 Å². The molecule has 1 spiro atoms. The smallest absolute Gasteiger partial charge is 0.328 e. The Kier molecular flexibility index (Phi) is 5.25. The van der Waals surface area contributed by atoms with Crippen molar-refractivity contribution in [2.75, 3.05) is 36.9 Å². The number of aliphatic hydroxyl groups excluding tert-OH is 1. The second-order valence-corrected chi connectivity index (χ2v) is 7.46. The average Bonchev–Trinajstić information content (AvgIpc) is 2.94. The highest BCUT2D eigenvalue weighted by Crippen LogP contribution is 2.39. The number of benzene rings is 1. The van der Waals surface area contributed by atoms with E-state index in [1.807, 2.05) is 35.2 Å². The predicted molar refractivity (Wildman–Crippen MR) is 107 cm³/mol. The molecule has 9 nitrogen and oxygen atoms in total. The maximum atomic E-state index is 13.4. The van der Waals surface area contributed by atoms with Crippen LogP contribution in [0.4, 0.5) is 21.0 Å². The zero-order valence-corrected chi connectivity index (χ0v) is 16.4. The second-order valence-electron chi connectivity index (χ2n) is 7.46. The molecule has 0 bridgehead atoms. The van der Waals surface area contributed by atoms with Crippen LogP contribution in [0.1, 0.15) is 18.4 Å². The van der Waals surface area contributed by atoms with Gasteiger partial charge in [0.05, 0.1) is 19.3 Å². The number of aromatic nitrogens is 2. The Morgan fingerprint density at radius 1 is 1.17 bits per heavy atom. The van der Waals surface area contributed by atoms with Gasteiger partial charge in [-0.25, -0.2) is 14.2 Å². The molecule has 10 heteroatoms. The first-order valence-corrected chi connectivity index (χ1v) is 9.77. The second kappa shape index (κ2) is 7.86. The lowest BCUT2D eigenvalue weighted by Gasteiger charge is -2.42. The summed E-state index contributed by atoms with van der Waals surface area (Å²) in [6.45, 7) is 0.783. The van der Waals surface area contributed by atoms with Crippen LogP contribution >= 0.6 is 0 Å². The van der Waals surface area contributed by atoms with Crippen molar-refractivity contribution >= 4 is 23.7 Å². The van der Waals surface area contributed by atoms with Crippen molar-refractivity contribution in [1.82, 2.24) is 19.8 Å². The summed E-state index contributed by atoms with van der Waals surface area (Å²) in [6.07, 6.45) is 1.76. The first kappa shape index (κ1) is 20.0. The van der Waals surface area contributed by atoms with E-state index in [1.165, 1.54) is 0 Å². The van der Waals surface area contributed by atoms with Crippen LogP contribution in [0.2, 0.25) is 0 Å². The first-order valence-electron chi connectivity index (χ1n) is 9.77. The Labute approximate surface area is 172 Å². The lowest BCUT2D eigenvalue weighted by atomic mass is 9.85. The van der Waals surface area contributed by atoms with Crippen LogP contribution in [0, 0.1) is 5.82 Å². The molecule has 3 heterocycles. The molecule has 2 aromatic rings. The Morgan fingerprint density at radius 3 is 2.50 bits per heavy atom. The maximum Gasteiger partial charge on any atom is 0.328 e. The zero-order chi connectivity index (χ0) is 21.3. The van der Waals surface area contributed by atoms with Crippen LogP contribution < -0.4 is 10.6 Å². The van der Waals surface area contributed by atoms with Crippen LogP contribution in [0.5, 0.6) is 0 Å². The van der Waals surface area contributed by atoms with Crippen molar-refractivity contribution in [1.29, 1.82) is 0 Å². The quantitative estimate of drug-likeness (QED) is 0.701. The molecule has 3 N–H and O–H groups in total. The van der Waals surface area contributed by atoms with E-state index >= 15 is 0 Å². The summed E-state index contributed by atoms with van der Waals surface area (Å²) in [5.41, 5.74) is 5.47. The van der Waals surface area contributed by atoms with E-state index in [0.29, 0.717) is 38.4 Å². The summed E-state index contributed by atoms with van der Waals surface area (Å²) >= 11 is 0. The number of piperidine rings is 1. The van der Waals surface area contributed by atoms with E-state index in [9.17, 15) is 19.1 Å². The van der Waals surface area contributed by atoms with Gasteiger partial charge in [0.25, 0.3) is 5.91 Å². The minimum Gasteiger partial charge on any atom is -0.395 e. The molecule has 2 fully saturated rings. The molecule has 3 amide bonds. The standard InChI is InChI=1S/C20H23FN6O3/c21-15-12-23-18(24-16(15)22)25-8-6-20(7-9-25)17(29)26(10-11-28)19(30)27(20)13-14-4-2-1-3-5-14/h1-5,12,28H,6-11,13H2,(H2,22,23,24). The number of hydrogen-bond acceptors (Lipinski definition) is 7. The third-order valence-electron chi connectivity index (χ3n) is 5.76. The van der Waals surface area contributed by atoms with Gasteiger partial charge in [0.15, 0.2) is 11.6 Å². The Morgan fingerprint density at radius 2 is 1.87 bits per heavy atom. The fraction of sp³-hybridized carbons (Fsp3) is 0.400. The van der Waals surface area contributed by atoms with Crippen molar-refractivity contribution in [3.8, 4) is 0 Å². The molecule has 0 saturated carbocycles. The fourth-order valence-corrected chi connectivity index (χ4v) is 4.15. The van der Waals surface area contributed by atoms with Gasteiger partial charge in [-0.1, -0.05) is 30.3 Å². The molecule has 1 aromatic carbocycles. The summed E-state index contributed by atoms with van der Waals surface area (Å²) in [5, 5.41) is 9.33. The minimum absolute atomic E-state index is 0.0357. The molecule has 2 saturated heterocycles. The van der Waals surface area contributed by atoms with Gasteiger partial charge in [-0.15, -0.1) is 0 Å². The molecular formula is C20H23FN6O3. The zero-order valence-electron chi connectivity index (χ0n) is 16.4. The molecule has 2 aliphatic rings. The van der Waals surface area contributed by atoms with E-state index in [-0.39, 0.29) is 24.9 Å². The van der Waals surface area contributed by atoms with Crippen molar-refractivity contribution < 1.29 is 19.1 Å². The SMILES string of the molecule is Nc1nc(N2CCC3(CC2)C(=O)N(CCO)C(=O)N3Cc2ccccc2)ncc1F.